The van der Waals surface area contributed by atoms with Crippen molar-refractivity contribution < 1.29 is 0 Å². The monoisotopic (exact) mass is 255 g/mol. The van der Waals surface area contributed by atoms with Crippen LogP contribution < -0.4 is 0 Å². The zero-order chi connectivity index (χ0) is 12.6. The Bertz CT molecular complexity index is 350. The van der Waals surface area contributed by atoms with Crippen LogP contribution in [0.2, 0.25) is 0 Å². The Morgan fingerprint density at radius 1 is 1.00 bits per heavy atom. The molecule has 3 heteroatoms. The first-order valence-corrected chi connectivity index (χ1v) is 7.44. The van der Waals surface area contributed by atoms with E-state index in [1.807, 2.05) is 34.6 Å². The molecule has 0 saturated heterocycles. The Labute approximate surface area is 107 Å². The summed E-state index contributed by atoms with van der Waals surface area (Å²) in [6.45, 7) is 12.1. The lowest BCUT2D eigenvalue weighted by Gasteiger charge is -1.85. The number of aromatic nitrogens is 1. The topological polar surface area (TPSA) is 12.9 Å². The van der Waals surface area contributed by atoms with Crippen molar-refractivity contribution in [2.75, 3.05) is 0 Å². The number of hydrogen-bond donors (Lipinski definition) is 0. The molecule has 0 atom stereocenters. The van der Waals surface area contributed by atoms with E-state index in [0.29, 0.717) is 0 Å². The van der Waals surface area contributed by atoms with Gasteiger partial charge in [-0.25, -0.2) is 4.98 Å². The molecule has 90 valence electrons. The summed E-state index contributed by atoms with van der Waals surface area (Å²) in [7, 11) is 0. The lowest BCUT2D eigenvalue weighted by atomic mass is 10.4. The number of aryl methyl sites for hydroxylation is 2. The summed E-state index contributed by atoms with van der Waals surface area (Å²) in [6, 6.07) is 4.27. The highest BCUT2D eigenvalue weighted by molar-refractivity contribution is 7.21. The number of rotatable bonds is 1. The molecule has 2 aromatic rings. The maximum atomic E-state index is 4.42. The van der Waals surface area contributed by atoms with Gasteiger partial charge in [0.05, 0.1) is 4.88 Å². The van der Waals surface area contributed by atoms with Crippen LogP contribution in [0.25, 0.3) is 9.88 Å². The van der Waals surface area contributed by atoms with Gasteiger partial charge in [-0.15, -0.1) is 22.7 Å². The predicted octanol–water partition coefficient (Wildman–Crippen LogP) is 5.54. The molecule has 0 aliphatic rings. The van der Waals surface area contributed by atoms with Gasteiger partial charge in [-0.1, -0.05) is 27.7 Å². The Hall–Kier alpha value is -0.670. The number of hydrogen-bond acceptors (Lipinski definition) is 3. The van der Waals surface area contributed by atoms with Crippen molar-refractivity contribution in [3.63, 3.8) is 0 Å². The van der Waals surface area contributed by atoms with Crippen molar-refractivity contribution in [2.24, 2.45) is 0 Å². The Kier molecular flexibility index (Phi) is 8.12. The molecule has 0 aromatic carbocycles. The van der Waals surface area contributed by atoms with Crippen LogP contribution in [0.3, 0.4) is 0 Å². The minimum Gasteiger partial charge on any atom is -0.241 e. The highest BCUT2D eigenvalue weighted by Crippen LogP contribution is 2.29. The van der Waals surface area contributed by atoms with Gasteiger partial charge in [-0.2, -0.15) is 0 Å². The van der Waals surface area contributed by atoms with E-state index in [0.717, 1.165) is 10.7 Å². The lowest BCUT2D eigenvalue weighted by Crippen LogP contribution is -1.69. The highest BCUT2D eigenvalue weighted by Gasteiger charge is 2.03. The molecule has 0 saturated carbocycles. The molecule has 0 fully saturated rings. The van der Waals surface area contributed by atoms with E-state index in [1.54, 1.807) is 22.7 Å². The average Bonchev–Trinajstić information content (AvgIpc) is 2.93. The maximum Gasteiger partial charge on any atom is 0.133 e. The zero-order valence-corrected chi connectivity index (χ0v) is 12.6. The van der Waals surface area contributed by atoms with Crippen molar-refractivity contribution >= 4 is 22.7 Å². The first-order chi connectivity index (χ1) is 7.75. The smallest absolute Gasteiger partial charge is 0.133 e. The summed E-state index contributed by atoms with van der Waals surface area (Å²) in [5.41, 5.74) is 1.11. The third-order valence-corrected chi connectivity index (χ3v) is 3.70. The van der Waals surface area contributed by atoms with Gasteiger partial charge in [-0.3, -0.25) is 0 Å². The second kappa shape index (κ2) is 8.48. The van der Waals surface area contributed by atoms with Crippen LogP contribution in [0.4, 0.5) is 0 Å². The molecule has 0 amide bonds. The third kappa shape index (κ3) is 4.45. The van der Waals surface area contributed by atoms with E-state index in [1.165, 1.54) is 9.75 Å². The van der Waals surface area contributed by atoms with Gasteiger partial charge in [-0.05, 0) is 26.0 Å². The Balaban J connectivity index is 0.000000509. The zero-order valence-electron chi connectivity index (χ0n) is 11.0. The molecule has 0 aliphatic heterocycles. The molecule has 0 unspecified atom stereocenters. The molecule has 0 radical (unpaired) electrons. The molecule has 1 nitrogen and oxygen atoms in total. The SMILES string of the molecule is CC.CC.Cc1csc(-c2ccc(C)s2)n1. The Morgan fingerprint density at radius 3 is 2.00 bits per heavy atom. The quantitative estimate of drug-likeness (QED) is 0.652. The van der Waals surface area contributed by atoms with Crippen LogP contribution in [0.15, 0.2) is 17.5 Å². The van der Waals surface area contributed by atoms with Gasteiger partial charge < -0.3 is 0 Å². The van der Waals surface area contributed by atoms with E-state index in [9.17, 15) is 0 Å². The van der Waals surface area contributed by atoms with Gasteiger partial charge in [0.15, 0.2) is 0 Å². The highest BCUT2D eigenvalue weighted by atomic mass is 32.1. The van der Waals surface area contributed by atoms with Crippen molar-refractivity contribution in [3.05, 3.63) is 28.1 Å². The molecular formula is C13H21NS2. The summed E-state index contributed by atoms with van der Waals surface area (Å²) in [4.78, 5) is 7.05. The first kappa shape index (κ1) is 15.3. The van der Waals surface area contributed by atoms with Crippen LogP contribution in [-0.2, 0) is 0 Å². The van der Waals surface area contributed by atoms with Crippen molar-refractivity contribution in [2.45, 2.75) is 41.5 Å². The molecule has 2 rings (SSSR count). The fraction of sp³-hybridized carbons (Fsp3) is 0.462. The molecule has 0 spiro atoms. The van der Waals surface area contributed by atoms with Gasteiger partial charge in [0.2, 0.25) is 0 Å². The molecule has 2 aromatic heterocycles. The van der Waals surface area contributed by atoms with Gasteiger partial charge in [0, 0.05) is 16.0 Å². The summed E-state index contributed by atoms with van der Waals surface area (Å²) < 4.78 is 0. The summed E-state index contributed by atoms with van der Waals surface area (Å²) >= 11 is 3.52. The first-order valence-electron chi connectivity index (χ1n) is 5.74. The van der Waals surface area contributed by atoms with E-state index < -0.39 is 0 Å². The number of thiazole rings is 1. The van der Waals surface area contributed by atoms with Gasteiger partial charge in [0.1, 0.15) is 5.01 Å². The fourth-order valence-corrected chi connectivity index (χ4v) is 2.75. The standard InChI is InChI=1S/C9H9NS2.2C2H6/c1-6-5-11-9(10-6)8-4-3-7(2)12-8;2*1-2/h3-5H,1-2H3;2*1-2H3. The maximum absolute atomic E-state index is 4.42. The Morgan fingerprint density at radius 2 is 1.62 bits per heavy atom. The molecule has 2 heterocycles. The van der Waals surface area contributed by atoms with E-state index in [-0.39, 0.29) is 0 Å². The summed E-state index contributed by atoms with van der Waals surface area (Å²) in [5, 5.41) is 3.23. The normalized spacial score (nSPS) is 8.62. The minimum absolute atomic E-state index is 1.11. The van der Waals surface area contributed by atoms with Gasteiger partial charge in [0.25, 0.3) is 0 Å². The van der Waals surface area contributed by atoms with Crippen molar-refractivity contribution in [1.82, 2.24) is 4.98 Å². The second-order valence-corrected chi connectivity index (χ2v) is 4.85. The minimum atomic E-state index is 1.11. The summed E-state index contributed by atoms with van der Waals surface area (Å²) in [6.07, 6.45) is 0. The largest absolute Gasteiger partial charge is 0.241 e. The van der Waals surface area contributed by atoms with E-state index >= 15 is 0 Å². The van der Waals surface area contributed by atoms with Crippen LogP contribution in [0.1, 0.15) is 38.3 Å². The molecule has 0 bridgehead atoms. The second-order valence-electron chi connectivity index (χ2n) is 2.70. The summed E-state index contributed by atoms with van der Waals surface area (Å²) in [5.74, 6) is 0. The van der Waals surface area contributed by atoms with E-state index in [4.69, 9.17) is 0 Å². The van der Waals surface area contributed by atoms with Crippen molar-refractivity contribution in [1.29, 1.82) is 0 Å². The predicted molar refractivity (Wildman–Crippen MR) is 77.6 cm³/mol. The van der Waals surface area contributed by atoms with Crippen LogP contribution in [0, 0.1) is 13.8 Å². The van der Waals surface area contributed by atoms with E-state index in [2.05, 4.69) is 29.4 Å². The van der Waals surface area contributed by atoms with Crippen LogP contribution in [-0.4, -0.2) is 4.98 Å². The molecular weight excluding hydrogens is 234 g/mol. The fourth-order valence-electron chi connectivity index (χ4n) is 1.02. The molecule has 0 N–H and O–H groups in total. The lowest BCUT2D eigenvalue weighted by molar-refractivity contribution is 1.27. The number of thiophene rings is 1. The van der Waals surface area contributed by atoms with Crippen molar-refractivity contribution in [3.8, 4) is 9.88 Å². The number of nitrogens with zero attached hydrogens (tertiary/aromatic N) is 1. The van der Waals surface area contributed by atoms with Crippen LogP contribution >= 0.6 is 22.7 Å². The average molecular weight is 255 g/mol. The van der Waals surface area contributed by atoms with Crippen LogP contribution in [0.5, 0.6) is 0 Å². The molecule has 0 aliphatic carbocycles. The van der Waals surface area contributed by atoms with Gasteiger partial charge >= 0.3 is 0 Å². The molecule has 16 heavy (non-hydrogen) atoms. The third-order valence-electron chi connectivity index (χ3n) is 1.57.